The number of aryl methyl sites for hydroxylation is 1. The minimum Gasteiger partial charge on any atom is -0.353 e. The van der Waals surface area contributed by atoms with Gasteiger partial charge in [-0.15, -0.1) is 0 Å². The zero-order valence-electron chi connectivity index (χ0n) is 12.0. The summed E-state index contributed by atoms with van der Waals surface area (Å²) in [4.78, 5) is 11.7. The van der Waals surface area contributed by atoms with Crippen molar-refractivity contribution in [3.8, 4) is 0 Å². The molecule has 20 heavy (non-hydrogen) atoms. The van der Waals surface area contributed by atoms with Crippen molar-refractivity contribution in [1.82, 2.24) is 9.97 Å². The molecule has 2 atom stereocenters. The van der Waals surface area contributed by atoms with Gasteiger partial charge < -0.3 is 4.90 Å². The van der Waals surface area contributed by atoms with Crippen LogP contribution in [0.4, 0.5) is 5.82 Å². The Bertz CT molecular complexity index is 637. The molecule has 1 saturated heterocycles. The molecule has 1 aromatic carbocycles. The van der Waals surface area contributed by atoms with Gasteiger partial charge in [-0.2, -0.15) is 0 Å². The summed E-state index contributed by atoms with van der Waals surface area (Å²) in [6.07, 6.45) is 8.60. The number of para-hydroxylation sites is 1. The molecule has 0 N–H and O–H groups in total. The number of aromatic nitrogens is 2. The second-order valence-corrected chi connectivity index (χ2v) is 6.26. The monoisotopic (exact) mass is 267 g/mol. The highest BCUT2D eigenvalue weighted by molar-refractivity contribution is 5.91. The number of rotatable bonds is 1. The van der Waals surface area contributed by atoms with Crippen molar-refractivity contribution in [3.63, 3.8) is 0 Å². The average molecular weight is 267 g/mol. The summed E-state index contributed by atoms with van der Waals surface area (Å²) < 4.78 is 0. The van der Waals surface area contributed by atoms with E-state index in [1.807, 2.05) is 0 Å². The standard InChI is InChI=1S/C17H21N3/c1-12-5-4-7-14-16(12)18-11-19-17(14)20-10-9-13-6-2-3-8-15(13)20/h4-5,7,11,13,15H,2-3,6,8-10H2,1H3/t13-,15-/m1/s1. The molecule has 2 aliphatic rings. The molecule has 1 aromatic heterocycles. The molecule has 104 valence electrons. The smallest absolute Gasteiger partial charge is 0.140 e. The maximum atomic E-state index is 4.64. The van der Waals surface area contributed by atoms with Crippen molar-refractivity contribution >= 4 is 16.7 Å². The third-order valence-electron chi connectivity index (χ3n) is 5.13. The Morgan fingerprint density at radius 3 is 2.95 bits per heavy atom. The minimum absolute atomic E-state index is 0.711. The summed E-state index contributed by atoms with van der Waals surface area (Å²) in [7, 11) is 0. The van der Waals surface area contributed by atoms with Crippen molar-refractivity contribution in [2.75, 3.05) is 11.4 Å². The molecule has 1 aliphatic carbocycles. The van der Waals surface area contributed by atoms with E-state index in [2.05, 4.69) is 40.0 Å². The molecule has 0 radical (unpaired) electrons. The lowest BCUT2D eigenvalue weighted by Gasteiger charge is -2.32. The summed E-state index contributed by atoms with van der Waals surface area (Å²) in [6, 6.07) is 7.14. The maximum absolute atomic E-state index is 4.64. The average Bonchev–Trinajstić information content (AvgIpc) is 2.91. The Morgan fingerprint density at radius 2 is 2.00 bits per heavy atom. The number of anilines is 1. The highest BCUT2D eigenvalue weighted by Gasteiger charge is 2.36. The summed E-state index contributed by atoms with van der Waals surface area (Å²) >= 11 is 0. The number of fused-ring (bicyclic) bond motifs is 2. The fourth-order valence-corrected chi connectivity index (χ4v) is 4.12. The molecular formula is C17H21N3. The predicted molar refractivity (Wildman–Crippen MR) is 82.0 cm³/mol. The molecule has 0 amide bonds. The topological polar surface area (TPSA) is 29.0 Å². The van der Waals surface area contributed by atoms with Gasteiger partial charge in [0, 0.05) is 18.0 Å². The molecule has 3 nitrogen and oxygen atoms in total. The van der Waals surface area contributed by atoms with E-state index in [0.717, 1.165) is 23.8 Å². The molecule has 2 heterocycles. The van der Waals surface area contributed by atoms with Gasteiger partial charge in [0.1, 0.15) is 12.1 Å². The van der Waals surface area contributed by atoms with Gasteiger partial charge in [-0.25, -0.2) is 9.97 Å². The van der Waals surface area contributed by atoms with Gasteiger partial charge in [-0.3, -0.25) is 0 Å². The Balaban J connectivity index is 1.80. The second-order valence-electron chi connectivity index (χ2n) is 6.26. The van der Waals surface area contributed by atoms with E-state index in [1.165, 1.54) is 43.1 Å². The third kappa shape index (κ3) is 1.80. The molecule has 0 bridgehead atoms. The lowest BCUT2D eigenvalue weighted by Crippen LogP contribution is -2.35. The van der Waals surface area contributed by atoms with Gasteiger partial charge in [0.05, 0.1) is 5.52 Å². The van der Waals surface area contributed by atoms with Gasteiger partial charge in [0.25, 0.3) is 0 Å². The van der Waals surface area contributed by atoms with Crippen LogP contribution in [0.25, 0.3) is 10.9 Å². The zero-order valence-corrected chi connectivity index (χ0v) is 12.0. The Kier molecular flexibility index (Phi) is 2.86. The van der Waals surface area contributed by atoms with Gasteiger partial charge in [-0.1, -0.05) is 25.0 Å². The Hall–Kier alpha value is -1.64. The maximum Gasteiger partial charge on any atom is 0.140 e. The van der Waals surface area contributed by atoms with Crippen molar-refractivity contribution < 1.29 is 0 Å². The van der Waals surface area contributed by atoms with Crippen LogP contribution in [0.1, 0.15) is 37.7 Å². The van der Waals surface area contributed by atoms with E-state index < -0.39 is 0 Å². The summed E-state index contributed by atoms with van der Waals surface area (Å²) in [6.45, 7) is 3.29. The van der Waals surface area contributed by atoms with Crippen LogP contribution in [0, 0.1) is 12.8 Å². The first kappa shape index (κ1) is 12.1. The normalized spacial score (nSPS) is 25.9. The lowest BCUT2D eigenvalue weighted by atomic mass is 9.85. The molecule has 2 aromatic rings. The van der Waals surface area contributed by atoms with Crippen molar-refractivity contribution in [2.45, 2.75) is 45.1 Å². The van der Waals surface area contributed by atoms with Crippen LogP contribution in [0.15, 0.2) is 24.5 Å². The lowest BCUT2D eigenvalue weighted by molar-refractivity contribution is 0.341. The first-order valence-corrected chi connectivity index (χ1v) is 7.81. The number of hydrogen-bond donors (Lipinski definition) is 0. The van der Waals surface area contributed by atoms with E-state index in [-0.39, 0.29) is 0 Å². The Morgan fingerprint density at radius 1 is 1.10 bits per heavy atom. The number of benzene rings is 1. The van der Waals surface area contributed by atoms with Gasteiger partial charge >= 0.3 is 0 Å². The fourth-order valence-electron chi connectivity index (χ4n) is 4.12. The summed E-state index contributed by atoms with van der Waals surface area (Å²) in [5, 5.41) is 1.22. The largest absolute Gasteiger partial charge is 0.353 e. The molecule has 1 saturated carbocycles. The van der Waals surface area contributed by atoms with E-state index in [1.54, 1.807) is 6.33 Å². The van der Waals surface area contributed by atoms with E-state index in [4.69, 9.17) is 0 Å². The number of nitrogens with zero attached hydrogens (tertiary/aromatic N) is 3. The van der Waals surface area contributed by atoms with Crippen LogP contribution in [0.3, 0.4) is 0 Å². The molecule has 0 spiro atoms. The third-order valence-corrected chi connectivity index (χ3v) is 5.13. The molecule has 0 unspecified atom stereocenters. The summed E-state index contributed by atoms with van der Waals surface area (Å²) in [5.41, 5.74) is 2.35. The van der Waals surface area contributed by atoms with Crippen LogP contribution in [-0.4, -0.2) is 22.6 Å². The molecule has 3 heteroatoms. The molecular weight excluding hydrogens is 246 g/mol. The number of hydrogen-bond acceptors (Lipinski definition) is 3. The van der Waals surface area contributed by atoms with E-state index >= 15 is 0 Å². The fraction of sp³-hybridized carbons (Fsp3) is 0.529. The van der Waals surface area contributed by atoms with Crippen molar-refractivity contribution in [3.05, 3.63) is 30.1 Å². The van der Waals surface area contributed by atoms with Crippen LogP contribution < -0.4 is 4.90 Å². The SMILES string of the molecule is Cc1cccc2c(N3CC[C@H]4CCCC[C@H]43)ncnc12. The van der Waals surface area contributed by atoms with Crippen LogP contribution in [0.2, 0.25) is 0 Å². The van der Waals surface area contributed by atoms with Crippen molar-refractivity contribution in [1.29, 1.82) is 0 Å². The minimum atomic E-state index is 0.711. The molecule has 4 rings (SSSR count). The Labute approximate surface area is 120 Å². The highest BCUT2D eigenvalue weighted by Crippen LogP contribution is 2.39. The molecule has 1 aliphatic heterocycles. The zero-order chi connectivity index (χ0) is 13.5. The van der Waals surface area contributed by atoms with Gasteiger partial charge in [-0.05, 0) is 43.7 Å². The van der Waals surface area contributed by atoms with Crippen LogP contribution >= 0.6 is 0 Å². The summed E-state index contributed by atoms with van der Waals surface area (Å²) in [5.74, 6) is 2.05. The van der Waals surface area contributed by atoms with Crippen molar-refractivity contribution in [2.24, 2.45) is 5.92 Å². The van der Waals surface area contributed by atoms with Crippen LogP contribution in [-0.2, 0) is 0 Å². The quantitative estimate of drug-likeness (QED) is 0.788. The first-order chi connectivity index (χ1) is 9.84. The van der Waals surface area contributed by atoms with E-state index in [0.29, 0.717) is 6.04 Å². The van der Waals surface area contributed by atoms with Gasteiger partial charge in [0.2, 0.25) is 0 Å². The highest BCUT2D eigenvalue weighted by atomic mass is 15.2. The van der Waals surface area contributed by atoms with E-state index in [9.17, 15) is 0 Å². The predicted octanol–water partition coefficient (Wildman–Crippen LogP) is 3.71. The van der Waals surface area contributed by atoms with Crippen LogP contribution in [0.5, 0.6) is 0 Å². The van der Waals surface area contributed by atoms with Gasteiger partial charge in [0.15, 0.2) is 0 Å². The second kappa shape index (κ2) is 4.72. The first-order valence-electron chi connectivity index (χ1n) is 7.81. The molecule has 2 fully saturated rings.